The number of benzene rings is 2. The molecule has 4 rings (SSSR count). The van der Waals surface area contributed by atoms with Crippen molar-refractivity contribution in [1.29, 1.82) is 0 Å². The van der Waals surface area contributed by atoms with E-state index in [0.717, 1.165) is 83.9 Å². The van der Waals surface area contributed by atoms with Gasteiger partial charge in [-0.25, -0.2) is 0 Å². The molecule has 2 fully saturated rings. The molecule has 13 heteroatoms. The Morgan fingerprint density at radius 1 is 0.468 bits per heavy atom. The third kappa shape index (κ3) is 47.4. The molecule has 0 unspecified atom stereocenters. The number of nitrogens with zero attached hydrogens (tertiary/aromatic N) is 2. The Bertz CT molecular complexity index is 1930. The average molecular weight is 1180 g/mol. The van der Waals surface area contributed by atoms with Gasteiger partial charge in [0.05, 0.1) is 43.9 Å². The largest absolute Gasteiger partial charge is 0.465 e. The van der Waals surface area contributed by atoms with Crippen LogP contribution >= 0.6 is 43.2 Å². The minimum absolute atomic E-state index is 0.114. The molecule has 0 aromatic heterocycles. The fourth-order valence-corrected chi connectivity index (χ4v) is 12.3. The van der Waals surface area contributed by atoms with Gasteiger partial charge in [-0.2, -0.15) is 0 Å². The van der Waals surface area contributed by atoms with Crippen LogP contribution in [-0.2, 0) is 59.2 Å². The summed E-state index contributed by atoms with van der Waals surface area (Å²) in [6.07, 6.45) is 5.80. The number of morpholine rings is 2. The van der Waals surface area contributed by atoms with E-state index >= 15 is 0 Å². The lowest BCUT2D eigenvalue weighted by molar-refractivity contribution is -0.154. The monoisotopic (exact) mass is 1180 g/mol. The summed E-state index contributed by atoms with van der Waals surface area (Å²) in [5.41, 5.74) is 5.95. The van der Waals surface area contributed by atoms with E-state index < -0.39 is 5.41 Å². The van der Waals surface area contributed by atoms with Crippen molar-refractivity contribution in [2.75, 3.05) is 95.3 Å². The highest BCUT2D eigenvalue weighted by molar-refractivity contribution is 8.77. The molecule has 0 radical (unpaired) electrons. The van der Waals surface area contributed by atoms with Crippen LogP contribution in [0.4, 0.5) is 0 Å². The number of carbonyl (C=O) groups excluding carboxylic acids is 3. The van der Waals surface area contributed by atoms with Crippen LogP contribution in [0, 0.1) is 37.9 Å². The van der Waals surface area contributed by atoms with Gasteiger partial charge in [0.25, 0.3) is 0 Å². The van der Waals surface area contributed by atoms with Gasteiger partial charge >= 0.3 is 11.9 Å². The molecule has 0 amide bonds. The Kier molecular flexibility index (Phi) is 38.2. The van der Waals surface area contributed by atoms with Gasteiger partial charge in [-0.15, -0.1) is 0 Å². The van der Waals surface area contributed by atoms with Crippen molar-refractivity contribution in [3.05, 3.63) is 70.8 Å². The molecule has 2 aromatic carbocycles. The predicted octanol–water partition coefficient (Wildman–Crippen LogP) is 17.1. The van der Waals surface area contributed by atoms with E-state index in [9.17, 15) is 14.4 Å². The zero-order valence-electron chi connectivity index (χ0n) is 54.6. The fourth-order valence-electron chi connectivity index (χ4n) is 7.05. The smallest absolute Gasteiger partial charge is 0.311 e. The molecule has 0 spiro atoms. The van der Waals surface area contributed by atoms with Crippen molar-refractivity contribution in [2.24, 2.45) is 37.9 Å². The molecule has 9 nitrogen and oxygen atoms in total. The summed E-state index contributed by atoms with van der Waals surface area (Å²) in [4.78, 5) is 39.1. The molecule has 0 bridgehead atoms. The molecular formula is C66H118N2O7S4. The number of ether oxygens (including phenoxy) is 4. The lowest BCUT2D eigenvalue weighted by atomic mass is 9.85. The second-order valence-corrected chi connectivity index (χ2v) is 34.5. The van der Waals surface area contributed by atoms with Crippen LogP contribution in [0.25, 0.3) is 0 Å². The maximum absolute atomic E-state index is 11.8. The molecular weight excluding hydrogens is 1060 g/mol. The number of rotatable bonds is 20. The van der Waals surface area contributed by atoms with Gasteiger partial charge in [0.2, 0.25) is 0 Å². The molecule has 0 aliphatic carbocycles. The zero-order valence-corrected chi connectivity index (χ0v) is 57.8. The first-order chi connectivity index (χ1) is 36.3. The number of ketones is 1. The van der Waals surface area contributed by atoms with E-state index in [1.54, 1.807) is 6.92 Å². The lowest BCUT2D eigenvalue weighted by Gasteiger charge is -2.26. The molecule has 0 saturated carbocycles. The average Bonchev–Trinajstić information content (AvgIpc) is 3.31. The van der Waals surface area contributed by atoms with E-state index in [1.165, 1.54) is 59.2 Å². The van der Waals surface area contributed by atoms with E-state index in [2.05, 4.69) is 144 Å². The molecule has 0 N–H and O–H groups in total. The van der Waals surface area contributed by atoms with Gasteiger partial charge in [-0.3, -0.25) is 19.4 Å². The molecule has 79 heavy (non-hydrogen) atoms. The molecule has 2 aromatic rings. The Labute approximate surface area is 502 Å². The lowest BCUT2D eigenvalue weighted by Crippen LogP contribution is -2.37. The van der Waals surface area contributed by atoms with Crippen molar-refractivity contribution < 1.29 is 33.3 Å². The van der Waals surface area contributed by atoms with Crippen molar-refractivity contribution in [3.8, 4) is 0 Å². The maximum Gasteiger partial charge on any atom is 0.311 e. The first-order valence-corrected chi connectivity index (χ1v) is 34.3. The molecule has 2 saturated heterocycles. The topological polar surface area (TPSA) is 94.6 Å². The number of hydrogen-bond acceptors (Lipinski definition) is 13. The second kappa shape index (κ2) is 39.0. The molecule has 2 aliphatic heterocycles. The molecule has 0 atom stereocenters. The van der Waals surface area contributed by atoms with Crippen molar-refractivity contribution >= 4 is 60.9 Å². The summed E-state index contributed by atoms with van der Waals surface area (Å²) >= 11 is 0. The fraction of sp³-hybridized carbons (Fsp3) is 0.773. The Balaban J connectivity index is 0.000000968. The highest BCUT2D eigenvalue weighted by atomic mass is 33.1. The maximum atomic E-state index is 11.8. The van der Waals surface area contributed by atoms with Gasteiger partial charge in [0.15, 0.2) is 0 Å². The van der Waals surface area contributed by atoms with Crippen LogP contribution in [0.1, 0.15) is 194 Å². The Hall–Kier alpha value is -1.71. The van der Waals surface area contributed by atoms with Gasteiger partial charge in [-0.05, 0) is 130 Å². The normalized spacial score (nSPS) is 14.9. The summed E-state index contributed by atoms with van der Waals surface area (Å²) in [6, 6.07) is 16.6. The van der Waals surface area contributed by atoms with Crippen LogP contribution in [-0.4, -0.2) is 123 Å². The highest BCUT2D eigenvalue weighted by Crippen LogP contribution is 2.31. The number of aryl methyl sites for hydroxylation is 1. The van der Waals surface area contributed by atoms with Crippen LogP contribution in [0.3, 0.4) is 0 Å². The third-order valence-corrected chi connectivity index (χ3v) is 17.1. The van der Waals surface area contributed by atoms with E-state index in [4.69, 9.17) is 18.9 Å². The second-order valence-electron chi connectivity index (χ2n) is 29.2. The summed E-state index contributed by atoms with van der Waals surface area (Å²) in [6.45, 7) is 57.9. The number of carbonyl (C=O) groups is 3. The first kappa shape index (κ1) is 77.3. The summed E-state index contributed by atoms with van der Waals surface area (Å²) in [5.74, 6) is 4.99. The quantitative estimate of drug-likeness (QED) is 0.0716. The molecule has 2 aliphatic rings. The van der Waals surface area contributed by atoms with Crippen LogP contribution in [0.5, 0.6) is 0 Å². The Morgan fingerprint density at radius 3 is 1.24 bits per heavy atom. The molecule has 458 valence electrons. The summed E-state index contributed by atoms with van der Waals surface area (Å²) in [5, 5.41) is 0. The van der Waals surface area contributed by atoms with Crippen molar-refractivity contribution in [2.45, 2.75) is 197 Å². The number of Topliss-reactive ketones (excluding diaryl/α,β-unsaturated/α-hetero) is 1. The zero-order chi connectivity index (χ0) is 60.6. The van der Waals surface area contributed by atoms with E-state index in [1.807, 2.05) is 103 Å². The standard InChI is InChI=1S/C17H26O2.C15H22O.C12H25NOS2.C11H23NOS2.C11H22O2/c1-16(2,3)11-13-9-7-8-10-14(13)12-19-15(18)17(4,5)6;1-12(16)9-10-13-7-5-6-8-14(13)11-15(2,3)4;1-12(2,3)4-10-15-16-11-7-13-5-8-14-9-6-13;1-11(2,3)10-15-14-9-6-12-4-7-13-8-5-12;1-10(2,3)7-8-13-9(12)11(4,5)6/h7-10H,11-12H2,1-6H3;5-8H,9-11H2,1-4H3;4-11H2,1-3H3;4-10H2,1-3H3;7-8H2,1-6H3. The predicted molar refractivity (Wildman–Crippen MR) is 350 cm³/mol. The van der Waals surface area contributed by atoms with Gasteiger partial charge in [0.1, 0.15) is 12.4 Å². The van der Waals surface area contributed by atoms with Crippen LogP contribution in [0.15, 0.2) is 48.5 Å². The minimum Gasteiger partial charge on any atom is -0.465 e. The summed E-state index contributed by atoms with van der Waals surface area (Å²) < 4.78 is 21.2. The van der Waals surface area contributed by atoms with Gasteiger partial charge in [0, 0.05) is 68.7 Å². The van der Waals surface area contributed by atoms with Crippen molar-refractivity contribution in [3.63, 3.8) is 0 Å². The first-order valence-electron chi connectivity index (χ1n) is 29.3. The minimum atomic E-state index is -0.445. The Morgan fingerprint density at radius 2 is 0.848 bits per heavy atom. The highest BCUT2D eigenvalue weighted by Gasteiger charge is 2.25. The van der Waals surface area contributed by atoms with Gasteiger partial charge in [-0.1, -0.05) is 196 Å². The van der Waals surface area contributed by atoms with Gasteiger partial charge < -0.3 is 23.7 Å². The van der Waals surface area contributed by atoms with Crippen molar-refractivity contribution in [1.82, 2.24) is 9.80 Å². The van der Waals surface area contributed by atoms with E-state index in [-0.39, 0.29) is 34.0 Å². The number of hydrogen-bond donors (Lipinski definition) is 0. The molecule has 2 heterocycles. The van der Waals surface area contributed by atoms with E-state index in [0.29, 0.717) is 35.9 Å². The SMILES string of the molecule is CC(=O)CCc1ccccc1CC(C)(C)C.CC(C)(C)CCOC(=O)C(C)(C)C.CC(C)(C)CCSSCCN1CCOCC1.CC(C)(C)CSSCCN1CCOCC1.CC(C)(C)Cc1ccccc1COC(=O)C(C)(C)C. The third-order valence-electron chi connectivity index (χ3n) is 11.9. The number of esters is 2. The van der Waals surface area contributed by atoms with Crippen LogP contribution in [0.2, 0.25) is 0 Å². The van der Waals surface area contributed by atoms with Crippen LogP contribution < -0.4 is 0 Å². The summed E-state index contributed by atoms with van der Waals surface area (Å²) in [7, 11) is 8.06.